The van der Waals surface area contributed by atoms with Gasteiger partial charge in [-0.2, -0.15) is 5.10 Å². The molecule has 0 aromatic carbocycles. The summed E-state index contributed by atoms with van der Waals surface area (Å²) in [5.74, 6) is -1.07. The molecule has 1 fully saturated rings. The number of anilines is 1. The number of morpholine rings is 1. The molecule has 5 aromatic rings. The van der Waals surface area contributed by atoms with Gasteiger partial charge >= 0.3 is 0 Å². The second kappa shape index (κ2) is 8.86. The standard InChI is InChI=1S/C25H20FN7O3/c26-17-9-18(12-27-11-17)31-24(34)16-7-19-20(13-29-23(19)28-10-16)15-1-2-33-22(8-15)21(14-30-33)25(35)32-3-5-36-6-4-32/h1-2,7-14H,3-6H2,(H,28,29)(H,31,34). The number of aromatic nitrogens is 5. The number of ether oxygens (including phenoxy) is 1. The monoisotopic (exact) mass is 485 g/mol. The van der Waals surface area contributed by atoms with Gasteiger partial charge in [0.25, 0.3) is 11.8 Å². The summed E-state index contributed by atoms with van der Waals surface area (Å²) in [5, 5.41) is 7.70. The molecule has 0 atom stereocenters. The summed E-state index contributed by atoms with van der Waals surface area (Å²) in [7, 11) is 0. The van der Waals surface area contributed by atoms with Crippen molar-refractivity contribution in [3.63, 3.8) is 0 Å². The number of nitrogens with one attached hydrogen (secondary N) is 2. The van der Waals surface area contributed by atoms with Gasteiger partial charge in [-0.3, -0.25) is 14.6 Å². The number of carbonyl (C=O) groups excluding carboxylic acids is 2. The molecule has 11 heteroatoms. The Morgan fingerprint density at radius 3 is 2.78 bits per heavy atom. The Bertz CT molecular complexity index is 1620. The topological polar surface area (TPSA) is 118 Å². The fourth-order valence-electron chi connectivity index (χ4n) is 4.30. The molecule has 0 bridgehead atoms. The molecule has 0 saturated carbocycles. The highest BCUT2D eigenvalue weighted by molar-refractivity contribution is 6.07. The van der Waals surface area contributed by atoms with Crippen LogP contribution < -0.4 is 5.32 Å². The minimum atomic E-state index is -0.545. The molecule has 6 heterocycles. The molecule has 36 heavy (non-hydrogen) atoms. The summed E-state index contributed by atoms with van der Waals surface area (Å²) in [6.45, 7) is 2.12. The Balaban J connectivity index is 1.35. The van der Waals surface area contributed by atoms with E-state index >= 15 is 0 Å². The molecular formula is C25H20FN7O3. The third-order valence-corrected chi connectivity index (χ3v) is 6.12. The number of carbonyl (C=O) groups is 2. The predicted octanol–water partition coefficient (Wildman–Crippen LogP) is 3.14. The number of fused-ring (bicyclic) bond motifs is 2. The Kier molecular flexibility index (Phi) is 5.38. The fraction of sp³-hybridized carbons (Fsp3) is 0.160. The van der Waals surface area contributed by atoms with E-state index < -0.39 is 11.7 Å². The molecule has 1 aliphatic rings. The molecule has 1 saturated heterocycles. The third-order valence-electron chi connectivity index (χ3n) is 6.12. The molecule has 5 aromatic heterocycles. The van der Waals surface area contributed by atoms with Crippen LogP contribution in [0, 0.1) is 5.82 Å². The normalized spacial score (nSPS) is 13.9. The number of aromatic amines is 1. The van der Waals surface area contributed by atoms with E-state index in [0.29, 0.717) is 48.6 Å². The van der Waals surface area contributed by atoms with Crippen LogP contribution in [0.25, 0.3) is 27.7 Å². The molecule has 2 N–H and O–H groups in total. The lowest BCUT2D eigenvalue weighted by Crippen LogP contribution is -2.40. The van der Waals surface area contributed by atoms with Gasteiger partial charge < -0.3 is 19.9 Å². The van der Waals surface area contributed by atoms with Gasteiger partial charge in [-0.05, 0) is 23.8 Å². The maximum absolute atomic E-state index is 13.4. The van der Waals surface area contributed by atoms with Crippen LogP contribution in [0.2, 0.25) is 0 Å². The van der Waals surface area contributed by atoms with E-state index in [2.05, 4.69) is 25.4 Å². The summed E-state index contributed by atoms with van der Waals surface area (Å²) >= 11 is 0. The van der Waals surface area contributed by atoms with Crippen molar-refractivity contribution in [3.05, 3.63) is 78.4 Å². The first-order chi connectivity index (χ1) is 17.6. The number of hydrogen-bond donors (Lipinski definition) is 2. The van der Waals surface area contributed by atoms with Crippen LogP contribution in [0.4, 0.5) is 10.1 Å². The minimum absolute atomic E-state index is 0.0863. The number of hydrogen-bond acceptors (Lipinski definition) is 6. The van der Waals surface area contributed by atoms with Crippen molar-refractivity contribution in [1.29, 1.82) is 0 Å². The van der Waals surface area contributed by atoms with Crippen LogP contribution in [-0.2, 0) is 4.74 Å². The lowest BCUT2D eigenvalue weighted by molar-refractivity contribution is 0.0304. The van der Waals surface area contributed by atoms with Crippen LogP contribution in [0.15, 0.2) is 61.4 Å². The lowest BCUT2D eigenvalue weighted by atomic mass is 10.0. The first kappa shape index (κ1) is 21.9. The van der Waals surface area contributed by atoms with Crippen LogP contribution in [0.3, 0.4) is 0 Å². The molecule has 1 aliphatic heterocycles. The smallest absolute Gasteiger partial charge is 0.257 e. The number of rotatable bonds is 4. The highest BCUT2D eigenvalue weighted by atomic mass is 19.1. The number of amides is 2. The van der Waals surface area contributed by atoms with Crippen molar-refractivity contribution < 1.29 is 18.7 Å². The van der Waals surface area contributed by atoms with Crippen LogP contribution in [0.5, 0.6) is 0 Å². The Hall–Kier alpha value is -4.64. The highest BCUT2D eigenvalue weighted by Gasteiger charge is 2.22. The highest BCUT2D eigenvalue weighted by Crippen LogP contribution is 2.30. The molecule has 0 radical (unpaired) electrons. The predicted molar refractivity (Wildman–Crippen MR) is 129 cm³/mol. The van der Waals surface area contributed by atoms with E-state index in [1.807, 2.05) is 18.3 Å². The molecule has 0 unspecified atom stereocenters. The van der Waals surface area contributed by atoms with E-state index in [-0.39, 0.29) is 11.6 Å². The second-order valence-corrected chi connectivity index (χ2v) is 8.38. The first-order valence-corrected chi connectivity index (χ1v) is 11.3. The maximum atomic E-state index is 13.4. The van der Waals surface area contributed by atoms with Crippen molar-refractivity contribution in [3.8, 4) is 11.1 Å². The molecule has 10 nitrogen and oxygen atoms in total. The van der Waals surface area contributed by atoms with Crippen LogP contribution in [-0.4, -0.2) is 67.6 Å². The summed E-state index contributed by atoms with van der Waals surface area (Å²) in [6.07, 6.45) is 9.06. The van der Waals surface area contributed by atoms with E-state index in [1.54, 1.807) is 27.9 Å². The van der Waals surface area contributed by atoms with Crippen LogP contribution >= 0.6 is 0 Å². The number of halogens is 1. The van der Waals surface area contributed by atoms with Gasteiger partial charge in [-0.1, -0.05) is 0 Å². The quantitative estimate of drug-likeness (QED) is 0.404. The molecule has 6 rings (SSSR count). The zero-order chi connectivity index (χ0) is 24.6. The molecule has 0 spiro atoms. The van der Waals surface area contributed by atoms with Crippen LogP contribution in [0.1, 0.15) is 20.7 Å². The van der Waals surface area contributed by atoms with E-state index in [1.165, 1.54) is 18.5 Å². The van der Waals surface area contributed by atoms with Gasteiger partial charge in [-0.25, -0.2) is 13.9 Å². The number of H-pyrrole nitrogens is 1. The first-order valence-electron chi connectivity index (χ1n) is 11.3. The number of pyridine rings is 3. The Labute approximate surface area is 203 Å². The third kappa shape index (κ3) is 3.95. The van der Waals surface area contributed by atoms with Gasteiger partial charge in [0.1, 0.15) is 11.5 Å². The lowest BCUT2D eigenvalue weighted by Gasteiger charge is -2.26. The number of nitrogens with zero attached hydrogens (tertiary/aromatic N) is 5. The Morgan fingerprint density at radius 1 is 1.08 bits per heavy atom. The van der Waals surface area contributed by atoms with Gasteiger partial charge in [0.2, 0.25) is 0 Å². The second-order valence-electron chi connectivity index (χ2n) is 8.38. The summed E-state index contributed by atoms with van der Waals surface area (Å²) in [5.41, 5.74) is 4.00. The maximum Gasteiger partial charge on any atom is 0.257 e. The molecular weight excluding hydrogens is 465 g/mol. The van der Waals surface area contributed by atoms with Crippen molar-refractivity contribution in [1.82, 2.24) is 29.5 Å². The molecule has 2 amide bonds. The molecule has 180 valence electrons. The summed E-state index contributed by atoms with van der Waals surface area (Å²) in [4.78, 5) is 38.9. The van der Waals surface area contributed by atoms with Gasteiger partial charge in [0.15, 0.2) is 0 Å². The zero-order valence-electron chi connectivity index (χ0n) is 18.9. The van der Waals surface area contributed by atoms with Gasteiger partial charge in [0, 0.05) is 48.7 Å². The van der Waals surface area contributed by atoms with Crippen molar-refractivity contribution in [2.24, 2.45) is 0 Å². The minimum Gasteiger partial charge on any atom is -0.378 e. The summed E-state index contributed by atoms with van der Waals surface area (Å²) in [6, 6.07) is 6.69. The van der Waals surface area contributed by atoms with Gasteiger partial charge in [0.05, 0.1) is 54.1 Å². The Morgan fingerprint density at radius 2 is 1.94 bits per heavy atom. The average Bonchev–Trinajstić information content (AvgIpc) is 3.52. The SMILES string of the molecule is O=C(Nc1cncc(F)c1)c1cnc2[nH]cc(-c3ccn4ncc(C(=O)N5CCOCC5)c4c3)c2c1. The summed E-state index contributed by atoms with van der Waals surface area (Å²) < 4.78 is 20.5. The average molecular weight is 485 g/mol. The van der Waals surface area contributed by atoms with E-state index in [4.69, 9.17) is 4.74 Å². The van der Waals surface area contributed by atoms with Crippen molar-refractivity contribution in [2.45, 2.75) is 0 Å². The zero-order valence-corrected chi connectivity index (χ0v) is 18.9. The van der Waals surface area contributed by atoms with Crippen molar-refractivity contribution in [2.75, 3.05) is 31.6 Å². The largest absolute Gasteiger partial charge is 0.378 e. The fourth-order valence-corrected chi connectivity index (χ4v) is 4.30. The van der Waals surface area contributed by atoms with E-state index in [0.717, 1.165) is 22.7 Å². The van der Waals surface area contributed by atoms with Crippen molar-refractivity contribution >= 4 is 34.1 Å². The van der Waals surface area contributed by atoms with E-state index in [9.17, 15) is 14.0 Å². The van der Waals surface area contributed by atoms with Gasteiger partial charge in [-0.15, -0.1) is 0 Å². The molecule has 0 aliphatic carbocycles.